The van der Waals surface area contributed by atoms with Crippen LogP contribution in [-0.2, 0) is 19.4 Å². The van der Waals surface area contributed by atoms with Crippen LogP contribution in [0, 0.1) is 5.92 Å². The molecule has 1 heterocycles. The van der Waals surface area contributed by atoms with Crippen LogP contribution in [-0.4, -0.2) is 32.0 Å². The minimum Gasteiger partial charge on any atom is -0.461 e. The Morgan fingerprint density at radius 3 is 2.38 bits per heavy atom. The van der Waals surface area contributed by atoms with Gasteiger partial charge in [-0.2, -0.15) is 0 Å². The van der Waals surface area contributed by atoms with Crippen molar-refractivity contribution in [2.75, 3.05) is 11.5 Å². The van der Waals surface area contributed by atoms with Crippen molar-refractivity contribution >= 4 is 15.8 Å². The molecule has 0 aromatic rings. The fraction of sp³-hybridized carbons (Fsp3) is 0.909. The van der Waals surface area contributed by atoms with Gasteiger partial charge in [0.25, 0.3) is 0 Å². The monoisotopic (exact) mass is 246 g/mol. The van der Waals surface area contributed by atoms with Gasteiger partial charge in [0.2, 0.25) is 0 Å². The minimum absolute atomic E-state index is 0.0182. The van der Waals surface area contributed by atoms with Crippen molar-refractivity contribution in [3.8, 4) is 0 Å². The summed E-state index contributed by atoms with van der Waals surface area (Å²) in [5, 5.41) is 0. The molecule has 5 heteroatoms. The Morgan fingerprint density at radius 1 is 1.06 bits per heavy atom. The standard InChI is InChI=1S/C11H18O4S/c12-11(9-4-1-2-5-9)15-10-6-3-7-16(13,14)8-10/h9-10H,1-8H2. The minimum atomic E-state index is -2.98. The third kappa shape index (κ3) is 2.97. The largest absolute Gasteiger partial charge is 0.461 e. The molecule has 2 fully saturated rings. The average molecular weight is 246 g/mol. The predicted octanol–water partition coefficient (Wildman–Crippen LogP) is 1.30. The first-order valence-corrected chi connectivity index (χ1v) is 7.80. The van der Waals surface area contributed by atoms with Crippen LogP contribution in [0.1, 0.15) is 38.5 Å². The zero-order valence-electron chi connectivity index (χ0n) is 9.35. The van der Waals surface area contributed by atoms with Crippen molar-refractivity contribution < 1.29 is 17.9 Å². The molecule has 0 amide bonds. The Kier molecular flexibility index (Phi) is 3.52. The van der Waals surface area contributed by atoms with Crippen LogP contribution in [0.5, 0.6) is 0 Å². The summed E-state index contributed by atoms with van der Waals surface area (Å²) in [6.07, 6.45) is 4.89. The number of hydrogen-bond donors (Lipinski definition) is 0. The first kappa shape index (κ1) is 11.9. The summed E-state index contributed by atoms with van der Waals surface area (Å²) in [5.74, 6) is 0.0971. The van der Waals surface area contributed by atoms with Gasteiger partial charge in [0.05, 0.1) is 17.4 Å². The van der Waals surface area contributed by atoms with E-state index in [-0.39, 0.29) is 23.4 Å². The second-order valence-corrected chi connectivity index (χ2v) is 7.03. The fourth-order valence-corrected chi connectivity index (χ4v) is 4.07. The van der Waals surface area contributed by atoms with Gasteiger partial charge >= 0.3 is 5.97 Å². The Bertz CT molecular complexity index is 354. The third-order valence-electron chi connectivity index (χ3n) is 3.39. The van der Waals surface area contributed by atoms with Crippen molar-refractivity contribution in [1.82, 2.24) is 0 Å². The molecule has 1 saturated carbocycles. The maximum atomic E-state index is 11.7. The molecule has 1 aliphatic heterocycles. The summed E-state index contributed by atoms with van der Waals surface area (Å²) in [5.41, 5.74) is 0. The van der Waals surface area contributed by atoms with Crippen LogP contribution >= 0.6 is 0 Å². The van der Waals surface area contributed by atoms with Crippen LogP contribution in [0.4, 0.5) is 0 Å². The molecule has 2 rings (SSSR count). The molecule has 1 atom stereocenters. The molecule has 1 unspecified atom stereocenters. The van der Waals surface area contributed by atoms with Gasteiger partial charge in [-0.05, 0) is 25.7 Å². The van der Waals surface area contributed by atoms with Crippen molar-refractivity contribution in [2.24, 2.45) is 5.92 Å². The molecule has 1 saturated heterocycles. The summed E-state index contributed by atoms with van der Waals surface area (Å²) in [7, 11) is -2.98. The van der Waals surface area contributed by atoms with Crippen molar-refractivity contribution in [3.63, 3.8) is 0 Å². The quantitative estimate of drug-likeness (QED) is 0.689. The van der Waals surface area contributed by atoms with Crippen LogP contribution < -0.4 is 0 Å². The summed E-state index contributed by atoms with van der Waals surface area (Å²) < 4.78 is 28.0. The van der Waals surface area contributed by atoms with Gasteiger partial charge in [0.15, 0.2) is 9.84 Å². The van der Waals surface area contributed by atoms with Crippen molar-refractivity contribution in [2.45, 2.75) is 44.6 Å². The number of rotatable bonds is 2. The Labute approximate surface area is 96.3 Å². The molecule has 16 heavy (non-hydrogen) atoms. The smallest absolute Gasteiger partial charge is 0.309 e. The van der Waals surface area contributed by atoms with Crippen LogP contribution in [0.25, 0.3) is 0 Å². The highest BCUT2D eigenvalue weighted by Crippen LogP contribution is 2.27. The van der Waals surface area contributed by atoms with E-state index in [2.05, 4.69) is 0 Å². The van der Waals surface area contributed by atoms with Gasteiger partial charge in [-0.1, -0.05) is 12.8 Å². The number of esters is 1. The number of hydrogen-bond acceptors (Lipinski definition) is 4. The molecule has 0 aromatic carbocycles. The van der Waals surface area contributed by atoms with Crippen LogP contribution in [0.2, 0.25) is 0 Å². The van der Waals surface area contributed by atoms with Gasteiger partial charge < -0.3 is 4.74 Å². The van der Waals surface area contributed by atoms with Gasteiger partial charge in [-0.15, -0.1) is 0 Å². The first-order chi connectivity index (χ1) is 7.57. The van der Waals surface area contributed by atoms with Crippen molar-refractivity contribution in [1.29, 1.82) is 0 Å². The maximum absolute atomic E-state index is 11.7. The Morgan fingerprint density at radius 2 is 1.75 bits per heavy atom. The molecule has 0 radical (unpaired) electrons. The second kappa shape index (κ2) is 4.73. The van der Waals surface area contributed by atoms with Crippen molar-refractivity contribution in [3.05, 3.63) is 0 Å². The molecule has 0 spiro atoms. The lowest BCUT2D eigenvalue weighted by molar-refractivity contribution is -0.153. The van der Waals surface area contributed by atoms with E-state index in [0.29, 0.717) is 12.8 Å². The highest BCUT2D eigenvalue weighted by molar-refractivity contribution is 7.91. The Balaban J connectivity index is 1.86. The van der Waals surface area contributed by atoms with Gasteiger partial charge in [-0.3, -0.25) is 4.79 Å². The van der Waals surface area contributed by atoms with E-state index < -0.39 is 15.9 Å². The van der Waals surface area contributed by atoms with E-state index in [1.165, 1.54) is 0 Å². The summed E-state index contributed by atoms with van der Waals surface area (Å²) in [4.78, 5) is 11.7. The van der Waals surface area contributed by atoms with E-state index in [1.54, 1.807) is 0 Å². The highest BCUT2D eigenvalue weighted by atomic mass is 32.2. The highest BCUT2D eigenvalue weighted by Gasteiger charge is 2.31. The maximum Gasteiger partial charge on any atom is 0.309 e. The lowest BCUT2D eigenvalue weighted by atomic mass is 10.1. The van der Waals surface area contributed by atoms with E-state index in [9.17, 15) is 13.2 Å². The lowest BCUT2D eigenvalue weighted by Gasteiger charge is -2.23. The predicted molar refractivity (Wildman–Crippen MR) is 59.7 cm³/mol. The molecule has 4 nitrogen and oxygen atoms in total. The van der Waals surface area contributed by atoms with E-state index >= 15 is 0 Å². The summed E-state index contributed by atoms with van der Waals surface area (Å²) in [6.45, 7) is 0. The van der Waals surface area contributed by atoms with Gasteiger partial charge in [0, 0.05) is 0 Å². The number of sulfone groups is 1. The topological polar surface area (TPSA) is 60.4 Å². The van der Waals surface area contributed by atoms with Crippen LogP contribution in [0.15, 0.2) is 0 Å². The molecule has 0 N–H and O–H groups in total. The molecule has 1 aliphatic carbocycles. The van der Waals surface area contributed by atoms with Gasteiger partial charge in [0.1, 0.15) is 6.10 Å². The average Bonchev–Trinajstić information content (AvgIpc) is 2.68. The molecule has 2 aliphatic rings. The van der Waals surface area contributed by atoms with E-state index in [0.717, 1.165) is 25.7 Å². The Hall–Kier alpha value is -0.580. The molecular weight excluding hydrogens is 228 g/mol. The van der Waals surface area contributed by atoms with E-state index in [1.807, 2.05) is 0 Å². The molecular formula is C11H18O4S. The normalized spacial score (nSPS) is 30.1. The number of carbonyl (C=O) groups is 1. The SMILES string of the molecule is O=C(OC1CCCS(=O)(=O)C1)C1CCCC1. The van der Waals surface area contributed by atoms with Crippen LogP contribution in [0.3, 0.4) is 0 Å². The zero-order chi connectivity index (χ0) is 11.6. The lowest BCUT2D eigenvalue weighted by Crippen LogP contribution is -2.34. The molecule has 0 aromatic heterocycles. The summed E-state index contributed by atoms with van der Waals surface area (Å²) in [6, 6.07) is 0. The summed E-state index contributed by atoms with van der Waals surface area (Å²) >= 11 is 0. The third-order valence-corrected chi connectivity index (χ3v) is 5.18. The number of ether oxygens (including phenoxy) is 1. The van der Waals surface area contributed by atoms with E-state index in [4.69, 9.17) is 4.74 Å². The number of carbonyl (C=O) groups excluding carboxylic acids is 1. The molecule has 92 valence electrons. The van der Waals surface area contributed by atoms with Gasteiger partial charge in [-0.25, -0.2) is 8.42 Å². The zero-order valence-corrected chi connectivity index (χ0v) is 10.2. The second-order valence-electron chi connectivity index (χ2n) is 4.80. The molecule has 0 bridgehead atoms. The fourth-order valence-electron chi connectivity index (χ4n) is 2.50. The first-order valence-electron chi connectivity index (χ1n) is 5.98.